The standard InChI is InChI=1S/C8H10N2O4/c9-6-1-2-8(14-4-3-11)7(5-6)10(12)13/h1-2,5,11H,3-4,9H2. The number of anilines is 1. The van der Waals surface area contributed by atoms with Crippen LogP contribution in [0.4, 0.5) is 11.4 Å². The first-order valence-corrected chi connectivity index (χ1v) is 3.92. The minimum Gasteiger partial charge on any atom is -0.484 e. The van der Waals surface area contributed by atoms with Crippen LogP contribution < -0.4 is 10.5 Å². The number of rotatable bonds is 4. The van der Waals surface area contributed by atoms with Crippen molar-refractivity contribution < 1.29 is 14.8 Å². The van der Waals surface area contributed by atoms with Gasteiger partial charge in [-0.1, -0.05) is 0 Å². The minimum absolute atomic E-state index is 0.0186. The molecule has 1 aromatic rings. The van der Waals surface area contributed by atoms with Gasteiger partial charge >= 0.3 is 5.69 Å². The fourth-order valence-electron chi connectivity index (χ4n) is 0.955. The van der Waals surface area contributed by atoms with Crippen LogP contribution in [0.5, 0.6) is 5.75 Å². The molecule has 0 bridgehead atoms. The molecule has 0 aliphatic rings. The average molecular weight is 198 g/mol. The van der Waals surface area contributed by atoms with Gasteiger partial charge in [0.15, 0.2) is 5.75 Å². The van der Waals surface area contributed by atoms with Gasteiger partial charge in [0, 0.05) is 11.8 Å². The van der Waals surface area contributed by atoms with E-state index in [4.69, 9.17) is 15.6 Å². The van der Waals surface area contributed by atoms with Gasteiger partial charge in [0.1, 0.15) is 6.61 Å². The number of hydrogen-bond acceptors (Lipinski definition) is 5. The van der Waals surface area contributed by atoms with Crippen molar-refractivity contribution in [1.29, 1.82) is 0 Å². The summed E-state index contributed by atoms with van der Waals surface area (Å²) in [5.41, 5.74) is 5.49. The molecule has 0 fully saturated rings. The Kier molecular flexibility index (Phi) is 3.24. The molecule has 0 amide bonds. The second-order valence-electron chi connectivity index (χ2n) is 2.56. The Morgan fingerprint density at radius 2 is 2.29 bits per heavy atom. The van der Waals surface area contributed by atoms with Gasteiger partial charge in [-0.2, -0.15) is 0 Å². The zero-order valence-corrected chi connectivity index (χ0v) is 7.34. The number of nitro benzene ring substituents is 1. The predicted octanol–water partition coefficient (Wildman–Crippen LogP) is 0.548. The lowest BCUT2D eigenvalue weighted by Crippen LogP contribution is -2.04. The smallest absolute Gasteiger partial charge is 0.312 e. The van der Waals surface area contributed by atoms with Crippen molar-refractivity contribution in [3.8, 4) is 5.75 Å². The summed E-state index contributed by atoms with van der Waals surface area (Å²) in [6, 6.07) is 4.12. The quantitative estimate of drug-likeness (QED) is 0.418. The van der Waals surface area contributed by atoms with Gasteiger partial charge in [-0.05, 0) is 12.1 Å². The number of nitrogen functional groups attached to an aromatic ring is 1. The molecule has 3 N–H and O–H groups in total. The summed E-state index contributed by atoms with van der Waals surface area (Å²) in [5.74, 6) is 0.109. The van der Waals surface area contributed by atoms with E-state index < -0.39 is 4.92 Å². The lowest BCUT2D eigenvalue weighted by molar-refractivity contribution is -0.385. The Labute approximate surface area is 80.1 Å². The lowest BCUT2D eigenvalue weighted by Gasteiger charge is -2.04. The van der Waals surface area contributed by atoms with Gasteiger partial charge in [-0.25, -0.2) is 0 Å². The van der Waals surface area contributed by atoms with E-state index in [9.17, 15) is 10.1 Å². The molecule has 0 spiro atoms. The first-order valence-electron chi connectivity index (χ1n) is 3.92. The van der Waals surface area contributed by atoms with E-state index in [-0.39, 0.29) is 24.7 Å². The van der Waals surface area contributed by atoms with Crippen LogP contribution in [0.15, 0.2) is 18.2 Å². The third-order valence-electron chi connectivity index (χ3n) is 1.53. The van der Waals surface area contributed by atoms with Crippen LogP contribution in [0.25, 0.3) is 0 Å². The molecule has 0 aromatic heterocycles. The number of nitro groups is 1. The molecule has 1 aromatic carbocycles. The number of benzene rings is 1. The molecule has 0 unspecified atom stereocenters. The normalized spacial score (nSPS) is 9.79. The van der Waals surface area contributed by atoms with Crippen LogP contribution in [0.1, 0.15) is 0 Å². The second-order valence-corrected chi connectivity index (χ2v) is 2.56. The maximum Gasteiger partial charge on any atom is 0.312 e. The third kappa shape index (κ3) is 2.33. The highest BCUT2D eigenvalue weighted by atomic mass is 16.6. The van der Waals surface area contributed by atoms with Crippen molar-refractivity contribution in [3.05, 3.63) is 28.3 Å². The first kappa shape index (κ1) is 10.3. The monoisotopic (exact) mass is 198 g/mol. The predicted molar refractivity (Wildman–Crippen MR) is 50.1 cm³/mol. The molecular formula is C8H10N2O4. The van der Waals surface area contributed by atoms with E-state index in [0.717, 1.165) is 0 Å². The number of nitrogens with zero attached hydrogens (tertiary/aromatic N) is 1. The largest absolute Gasteiger partial charge is 0.484 e. The fraction of sp³-hybridized carbons (Fsp3) is 0.250. The number of nitrogens with two attached hydrogens (primary N) is 1. The van der Waals surface area contributed by atoms with Crippen molar-refractivity contribution in [1.82, 2.24) is 0 Å². The highest BCUT2D eigenvalue weighted by Crippen LogP contribution is 2.28. The molecule has 6 nitrogen and oxygen atoms in total. The Morgan fingerprint density at radius 1 is 1.57 bits per heavy atom. The lowest BCUT2D eigenvalue weighted by atomic mass is 10.2. The molecule has 0 saturated heterocycles. The van der Waals surface area contributed by atoms with E-state index in [1.807, 2.05) is 0 Å². The van der Waals surface area contributed by atoms with Crippen molar-refractivity contribution in [3.63, 3.8) is 0 Å². The summed E-state index contributed by atoms with van der Waals surface area (Å²) >= 11 is 0. The average Bonchev–Trinajstić information content (AvgIpc) is 2.15. The van der Waals surface area contributed by atoms with Gasteiger partial charge < -0.3 is 15.6 Å². The Bertz CT molecular complexity index is 340. The van der Waals surface area contributed by atoms with Crippen molar-refractivity contribution in [2.75, 3.05) is 18.9 Å². The van der Waals surface area contributed by atoms with Gasteiger partial charge in [0.25, 0.3) is 0 Å². The van der Waals surface area contributed by atoms with E-state index in [1.54, 1.807) is 0 Å². The molecule has 0 saturated carbocycles. The number of hydrogen-bond donors (Lipinski definition) is 2. The highest BCUT2D eigenvalue weighted by molar-refractivity contribution is 5.56. The van der Waals surface area contributed by atoms with E-state index in [2.05, 4.69) is 0 Å². The molecule has 1 rings (SSSR count). The van der Waals surface area contributed by atoms with E-state index in [0.29, 0.717) is 5.69 Å². The molecule has 0 radical (unpaired) electrons. The maximum absolute atomic E-state index is 10.5. The van der Waals surface area contributed by atoms with E-state index >= 15 is 0 Å². The maximum atomic E-state index is 10.5. The van der Waals surface area contributed by atoms with Crippen molar-refractivity contribution in [2.45, 2.75) is 0 Å². The van der Waals surface area contributed by atoms with Crippen LogP contribution in [0.2, 0.25) is 0 Å². The fourth-order valence-corrected chi connectivity index (χ4v) is 0.955. The van der Waals surface area contributed by atoms with Crippen molar-refractivity contribution >= 4 is 11.4 Å². The van der Waals surface area contributed by atoms with Crippen LogP contribution in [-0.4, -0.2) is 23.2 Å². The molecule has 0 heterocycles. The van der Waals surface area contributed by atoms with E-state index in [1.165, 1.54) is 18.2 Å². The summed E-state index contributed by atoms with van der Waals surface area (Å²) in [6.07, 6.45) is 0. The molecule has 0 aliphatic heterocycles. The van der Waals surface area contributed by atoms with Crippen LogP contribution >= 0.6 is 0 Å². The molecule has 0 atom stereocenters. The second kappa shape index (κ2) is 4.43. The zero-order valence-electron chi connectivity index (χ0n) is 7.34. The topological polar surface area (TPSA) is 98.6 Å². The first-order chi connectivity index (χ1) is 6.65. The van der Waals surface area contributed by atoms with Gasteiger partial charge in [0.05, 0.1) is 11.5 Å². The summed E-state index contributed by atoms with van der Waals surface area (Å²) in [6.45, 7) is -0.174. The van der Waals surface area contributed by atoms with Crippen LogP contribution in [0.3, 0.4) is 0 Å². The van der Waals surface area contributed by atoms with Gasteiger partial charge in [-0.3, -0.25) is 10.1 Å². The zero-order chi connectivity index (χ0) is 10.6. The molecular weight excluding hydrogens is 188 g/mol. The summed E-state index contributed by atoms with van der Waals surface area (Å²) < 4.78 is 4.96. The minimum atomic E-state index is -0.580. The molecule has 14 heavy (non-hydrogen) atoms. The number of aliphatic hydroxyl groups excluding tert-OH is 1. The number of ether oxygens (including phenoxy) is 1. The Morgan fingerprint density at radius 3 is 2.86 bits per heavy atom. The summed E-state index contributed by atoms with van der Waals surface area (Å²) in [5, 5.41) is 19.0. The number of aliphatic hydroxyl groups is 1. The van der Waals surface area contributed by atoms with Crippen molar-refractivity contribution in [2.24, 2.45) is 0 Å². The van der Waals surface area contributed by atoms with Crippen LogP contribution in [0, 0.1) is 10.1 Å². The summed E-state index contributed by atoms with van der Waals surface area (Å²) in [4.78, 5) is 9.96. The van der Waals surface area contributed by atoms with Gasteiger partial charge in [0.2, 0.25) is 0 Å². The SMILES string of the molecule is Nc1ccc(OCCO)c([N+](=O)[O-])c1. The molecule has 6 heteroatoms. The molecule has 76 valence electrons. The third-order valence-corrected chi connectivity index (χ3v) is 1.53. The highest BCUT2D eigenvalue weighted by Gasteiger charge is 2.14. The molecule has 0 aliphatic carbocycles. The van der Waals surface area contributed by atoms with Crippen LogP contribution in [-0.2, 0) is 0 Å². The Hall–Kier alpha value is -1.82. The Balaban J connectivity index is 2.96. The summed E-state index contributed by atoms with van der Waals surface area (Å²) in [7, 11) is 0. The van der Waals surface area contributed by atoms with Gasteiger partial charge in [-0.15, -0.1) is 0 Å².